The van der Waals surface area contributed by atoms with Crippen LogP contribution in [0.3, 0.4) is 0 Å². The molecule has 1 aliphatic heterocycles. The molecule has 0 saturated carbocycles. The molecule has 37 heavy (non-hydrogen) atoms. The van der Waals surface area contributed by atoms with Crippen molar-refractivity contribution < 1.29 is 74.4 Å². The van der Waals surface area contributed by atoms with Gasteiger partial charge in [-0.05, 0) is 18.6 Å². The molecule has 1 saturated heterocycles. The molecule has 1 amide bonds. The number of hydrogen-bond acceptors (Lipinski definition) is 12. The summed E-state index contributed by atoms with van der Waals surface area (Å²) in [4.78, 5) is 52.8. The first-order valence-corrected chi connectivity index (χ1v) is 13.2. The van der Waals surface area contributed by atoms with E-state index < -0.39 is 17.9 Å². The number of rotatable bonds is 15. The number of nitrogens with zero attached hydrogens (tertiary/aromatic N) is 4. The molecule has 0 bridgehead atoms. The van der Waals surface area contributed by atoms with E-state index in [4.69, 9.17) is 0 Å². The van der Waals surface area contributed by atoms with Gasteiger partial charge in [-0.15, -0.1) is 0 Å². The summed E-state index contributed by atoms with van der Waals surface area (Å²) in [7, 11) is 0. The molecular formula is C23H40GdN5O7S. The standard InChI is InChI=1S/C23H43N5O7S.Gd/c29-20(24-6-4-2-1-3-5-15-36)16-25-7-9-26(17-21(30)31)11-13-28(19-23(34)35)14-12-27(10-8-25)18-22(32)33;/h36H,1-19H2,(H,24,29)(H,30,31)(H,32,33)(H,34,35);/q;+3/p-3. The Morgan fingerprint density at radius 2 is 0.892 bits per heavy atom. The Morgan fingerprint density at radius 1 is 0.568 bits per heavy atom. The van der Waals surface area contributed by atoms with Crippen LogP contribution >= 0.6 is 12.6 Å². The Labute approximate surface area is 257 Å². The van der Waals surface area contributed by atoms with E-state index in [1.165, 1.54) is 0 Å². The molecule has 1 aliphatic rings. The molecule has 213 valence electrons. The van der Waals surface area contributed by atoms with Gasteiger partial charge in [0, 0.05) is 78.5 Å². The maximum absolute atomic E-state index is 12.5. The summed E-state index contributed by atoms with van der Waals surface area (Å²) in [5.74, 6) is -3.02. The molecule has 1 N–H and O–H groups in total. The van der Waals surface area contributed by atoms with Gasteiger partial charge in [-0.3, -0.25) is 24.4 Å². The zero-order chi connectivity index (χ0) is 26.8. The van der Waals surface area contributed by atoms with Crippen molar-refractivity contribution >= 4 is 36.4 Å². The Balaban J connectivity index is 0.0000130. The van der Waals surface area contributed by atoms with E-state index in [0.29, 0.717) is 32.7 Å². The summed E-state index contributed by atoms with van der Waals surface area (Å²) in [6.45, 7) is 2.18. The number of carboxylic acid groups (broad SMARTS) is 3. The SMILES string of the molecule is O=C([O-])CN1CCN(CC(=O)[O-])CCN(CC(=O)NCCCCCCCS)CCN(CC(=O)[O-])CC1.[Gd+3]. The van der Waals surface area contributed by atoms with Crippen molar-refractivity contribution in [2.45, 2.75) is 32.1 Å². The minimum Gasteiger partial charge on any atom is -0.549 e. The molecular weight excluding hydrogens is 648 g/mol. The van der Waals surface area contributed by atoms with Crippen molar-refractivity contribution in [2.75, 3.05) is 90.8 Å². The molecule has 0 aromatic heterocycles. The number of carbonyl (C=O) groups is 4. The van der Waals surface area contributed by atoms with Gasteiger partial charge in [0.1, 0.15) is 0 Å². The molecule has 1 radical (unpaired) electrons. The number of thiol groups is 1. The minimum atomic E-state index is -1.27. The molecule has 1 heterocycles. The van der Waals surface area contributed by atoms with Gasteiger partial charge in [-0.25, -0.2) is 0 Å². The molecule has 0 aliphatic carbocycles. The van der Waals surface area contributed by atoms with E-state index >= 15 is 0 Å². The number of carboxylic acids is 3. The number of amides is 1. The first-order chi connectivity index (χ1) is 17.2. The number of unbranched alkanes of at least 4 members (excludes halogenated alkanes) is 4. The largest absolute Gasteiger partial charge is 3.00 e. The second-order valence-electron chi connectivity index (χ2n) is 9.06. The van der Waals surface area contributed by atoms with Gasteiger partial charge in [-0.1, -0.05) is 19.3 Å². The number of aliphatic carboxylic acids is 3. The second-order valence-corrected chi connectivity index (χ2v) is 9.51. The third kappa shape index (κ3) is 20.0. The molecule has 1 rings (SSSR count). The van der Waals surface area contributed by atoms with E-state index in [2.05, 4.69) is 17.9 Å². The molecule has 1 fully saturated rings. The Hall–Kier alpha value is -0.605. The van der Waals surface area contributed by atoms with Gasteiger partial charge >= 0.3 is 39.9 Å². The van der Waals surface area contributed by atoms with Crippen LogP contribution in [-0.2, 0) is 19.2 Å². The van der Waals surface area contributed by atoms with Crippen molar-refractivity contribution in [3.8, 4) is 0 Å². The van der Waals surface area contributed by atoms with Crippen LogP contribution < -0.4 is 20.6 Å². The van der Waals surface area contributed by atoms with E-state index in [9.17, 15) is 34.5 Å². The summed E-state index contributed by atoms with van der Waals surface area (Å²) in [6.07, 6.45) is 5.23. The first kappa shape index (κ1) is 36.4. The fourth-order valence-electron chi connectivity index (χ4n) is 4.01. The Kier molecular flexibility index (Phi) is 21.9. The van der Waals surface area contributed by atoms with Gasteiger partial charge < -0.3 is 35.0 Å². The van der Waals surface area contributed by atoms with Crippen molar-refractivity contribution in [2.24, 2.45) is 0 Å². The molecule has 0 unspecified atom stereocenters. The van der Waals surface area contributed by atoms with Crippen molar-refractivity contribution in [3.05, 3.63) is 0 Å². The van der Waals surface area contributed by atoms with Gasteiger partial charge in [0.15, 0.2) is 0 Å². The fourth-order valence-corrected chi connectivity index (χ4v) is 4.24. The Morgan fingerprint density at radius 3 is 1.24 bits per heavy atom. The van der Waals surface area contributed by atoms with Crippen LogP contribution in [0.1, 0.15) is 32.1 Å². The predicted molar refractivity (Wildman–Crippen MR) is 131 cm³/mol. The van der Waals surface area contributed by atoms with E-state index in [1.807, 2.05) is 4.90 Å². The fraction of sp³-hybridized carbons (Fsp3) is 0.826. The average molecular weight is 688 g/mol. The minimum absolute atomic E-state index is 0. The van der Waals surface area contributed by atoms with Gasteiger partial charge in [0.05, 0.1) is 24.5 Å². The van der Waals surface area contributed by atoms with Crippen LogP contribution in [0.15, 0.2) is 0 Å². The maximum Gasteiger partial charge on any atom is 3.00 e. The third-order valence-corrected chi connectivity index (χ3v) is 6.33. The zero-order valence-corrected chi connectivity index (χ0v) is 24.5. The zero-order valence-electron chi connectivity index (χ0n) is 21.4. The molecule has 12 nitrogen and oxygen atoms in total. The number of hydrogen-bond donors (Lipinski definition) is 2. The van der Waals surface area contributed by atoms with Crippen LogP contribution in [-0.4, -0.2) is 134 Å². The number of carbonyl (C=O) groups excluding carboxylic acids is 4. The van der Waals surface area contributed by atoms with Crippen molar-refractivity contribution in [3.63, 3.8) is 0 Å². The molecule has 0 aromatic carbocycles. The van der Waals surface area contributed by atoms with Gasteiger partial charge in [0.25, 0.3) is 0 Å². The van der Waals surface area contributed by atoms with E-state index in [1.54, 1.807) is 14.7 Å². The van der Waals surface area contributed by atoms with Crippen LogP contribution in [0.2, 0.25) is 0 Å². The summed E-state index contributed by atoms with van der Waals surface area (Å²) in [5, 5.41) is 36.5. The average Bonchev–Trinajstić information content (AvgIpc) is 2.79. The third-order valence-electron chi connectivity index (χ3n) is 6.01. The summed E-state index contributed by atoms with van der Waals surface area (Å²) in [5.41, 5.74) is 0. The molecule has 0 aromatic rings. The molecule has 14 heteroatoms. The van der Waals surface area contributed by atoms with Crippen LogP contribution in [0.4, 0.5) is 0 Å². The maximum atomic E-state index is 12.5. The van der Waals surface area contributed by atoms with Crippen molar-refractivity contribution in [1.82, 2.24) is 24.9 Å². The summed E-state index contributed by atoms with van der Waals surface area (Å²) < 4.78 is 0. The quantitative estimate of drug-likeness (QED) is 0.126. The van der Waals surface area contributed by atoms with Crippen LogP contribution in [0.25, 0.3) is 0 Å². The summed E-state index contributed by atoms with van der Waals surface area (Å²) >= 11 is 4.19. The van der Waals surface area contributed by atoms with Gasteiger partial charge in [0.2, 0.25) is 5.91 Å². The predicted octanol–water partition coefficient (Wildman–Crippen LogP) is -4.55. The van der Waals surface area contributed by atoms with Crippen LogP contribution in [0.5, 0.6) is 0 Å². The Bertz CT molecular complexity index is 660. The smallest absolute Gasteiger partial charge is 0.549 e. The van der Waals surface area contributed by atoms with Crippen LogP contribution in [0, 0.1) is 39.9 Å². The summed E-state index contributed by atoms with van der Waals surface area (Å²) in [6, 6.07) is 0. The first-order valence-electron chi connectivity index (χ1n) is 12.6. The van der Waals surface area contributed by atoms with E-state index in [-0.39, 0.29) is 98.2 Å². The monoisotopic (exact) mass is 688 g/mol. The molecule has 0 atom stereocenters. The number of nitrogens with one attached hydrogen (secondary N) is 1. The van der Waals surface area contributed by atoms with E-state index in [0.717, 1.165) is 37.9 Å². The second kappa shape index (κ2) is 22.2. The van der Waals surface area contributed by atoms with Gasteiger partial charge in [-0.2, -0.15) is 12.6 Å². The normalized spacial score (nSPS) is 17.2. The molecule has 0 spiro atoms. The topological polar surface area (TPSA) is 162 Å². The van der Waals surface area contributed by atoms with Crippen molar-refractivity contribution in [1.29, 1.82) is 0 Å².